The second-order valence-corrected chi connectivity index (χ2v) is 25.6. The molecule has 5 aromatic carbocycles. The van der Waals surface area contributed by atoms with Gasteiger partial charge in [-0.2, -0.15) is 0 Å². The summed E-state index contributed by atoms with van der Waals surface area (Å²) in [5.74, 6) is 2.20. The third-order valence-electron chi connectivity index (χ3n) is 18.0. The van der Waals surface area contributed by atoms with Crippen molar-refractivity contribution in [2.75, 3.05) is 40.7 Å². The van der Waals surface area contributed by atoms with Crippen LogP contribution in [0.25, 0.3) is 0 Å². The fourth-order valence-corrected chi connectivity index (χ4v) is 16.4. The smallest absolute Gasteiger partial charge is 1.00 e. The Hall–Kier alpha value is -3.87. The van der Waals surface area contributed by atoms with Crippen molar-refractivity contribution in [3.8, 4) is 0 Å². The molecule has 71 heavy (non-hydrogen) atoms. The van der Waals surface area contributed by atoms with E-state index >= 15 is 0 Å². The molecule has 11 rings (SSSR count). The molecule has 380 valence electrons. The summed E-state index contributed by atoms with van der Waals surface area (Å²) in [5.41, 5.74) is 10.2. The number of para-hydroxylation sites is 3. The molecular formula is C60H81MgN3O5S2. The molecule has 3 aliphatic heterocycles. The largest absolute Gasteiger partial charge is 2.00 e. The predicted octanol–water partition coefficient (Wildman–Crippen LogP) is 13.2. The van der Waals surface area contributed by atoms with Gasteiger partial charge in [0.1, 0.15) is 0 Å². The number of aliphatic hydroxyl groups is 1. The van der Waals surface area contributed by atoms with Crippen molar-refractivity contribution in [3.63, 3.8) is 0 Å². The van der Waals surface area contributed by atoms with E-state index in [1.165, 1.54) is 93.0 Å². The number of rotatable bonds is 4. The van der Waals surface area contributed by atoms with Gasteiger partial charge < -0.3 is 13.3 Å². The first-order chi connectivity index (χ1) is 33.6. The van der Waals surface area contributed by atoms with Gasteiger partial charge in [-0.15, -0.1) is 0 Å². The monoisotopic (exact) mass is 1010 g/mol. The van der Waals surface area contributed by atoms with E-state index in [1.54, 1.807) is 32.9 Å². The van der Waals surface area contributed by atoms with Crippen molar-refractivity contribution in [2.45, 2.75) is 141 Å². The number of nitrogens with one attached hydrogen (secondary N) is 1. The van der Waals surface area contributed by atoms with E-state index in [-0.39, 0.29) is 36.7 Å². The van der Waals surface area contributed by atoms with Crippen molar-refractivity contribution in [1.82, 2.24) is 0 Å². The van der Waals surface area contributed by atoms with E-state index in [4.69, 9.17) is 5.11 Å². The molecule has 3 aliphatic carbocycles. The zero-order valence-electron chi connectivity index (χ0n) is 45.5. The first kappa shape index (κ1) is 54.9. The van der Waals surface area contributed by atoms with Crippen LogP contribution in [-0.4, -0.2) is 71.7 Å². The number of hydrogen-bond acceptors (Lipinski definition) is 6. The van der Waals surface area contributed by atoms with Crippen LogP contribution in [0.4, 0.5) is 17.1 Å². The maximum Gasteiger partial charge on any atom is 2.00 e. The summed E-state index contributed by atoms with van der Waals surface area (Å²) in [6.07, 6.45) is 18.2. The fraction of sp³-hybridized carbons (Fsp3) is 0.500. The van der Waals surface area contributed by atoms with Crippen LogP contribution in [0.1, 0.15) is 128 Å². The minimum Gasteiger partial charge on any atom is -1.00 e. The van der Waals surface area contributed by atoms with Gasteiger partial charge in [-0.05, 0) is 165 Å². The number of aryl methyl sites for hydroxylation is 2. The molecule has 3 heterocycles. The first-order valence-electron chi connectivity index (χ1n) is 26.3. The second kappa shape index (κ2) is 23.1. The third-order valence-corrected chi connectivity index (χ3v) is 21.7. The number of hydrogen-bond donors (Lipinski definition) is 2. The van der Waals surface area contributed by atoms with Crippen molar-refractivity contribution in [1.29, 1.82) is 0 Å². The van der Waals surface area contributed by atoms with Gasteiger partial charge >= 0.3 is 23.1 Å². The van der Waals surface area contributed by atoms with Gasteiger partial charge in [0.05, 0.1) is 21.2 Å². The first-order valence-corrected chi connectivity index (χ1v) is 29.1. The summed E-state index contributed by atoms with van der Waals surface area (Å²) in [5, 5.41) is 10.6. The minimum absolute atomic E-state index is 0. The summed E-state index contributed by atoms with van der Waals surface area (Å²) in [7, 11) is -6.09. The van der Waals surface area contributed by atoms with Crippen LogP contribution < -0.4 is 13.9 Å². The van der Waals surface area contributed by atoms with Gasteiger partial charge in [0.2, 0.25) is 0 Å². The average Bonchev–Trinajstić information content (AvgIpc) is 3.86. The van der Waals surface area contributed by atoms with Gasteiger partial charge in [-0.1, -0.05) is 149 Å². The van der Waals surface area contributed by atoms with E-state index in [1.807, 2.05) is 74.5 Å². The third kappa shape index (κ3) is 11.4. The summed E-state index contributed by atoms with van der Waals surface area (Å²) < 4.78 is 57.0. The van der Waals surface area contributed by atoms with Gasteiger partial charge in [0.25, 0.3) is 20.0 Å². The Bertz CT molecular complexity index is 2650. The van der Waals surface area contributed by atoms with Gasteiger partial charge in [-0.3, -0.25) is 8.61 Å². The molecule has 6 aliphatic rings. The van der Waals surface area contributed by atoms with Gasteiger partial charge in [-0.25, -0.2) is 16.8 Å². The summed E-state index contributed by atoms with van der Waals surface area (Å²) in [4.78, 5) is 0.765. The van der Waals surface area contributed by atoms with Crippen LogP contribution in [0.5, 0.6) is 0 Å². The molecule has 0 radical (unpaired) electrons. The molecule has 11 heteroatoms. The summed E-state index contributed by atoms with van der Waals surface area (Å²) >= 11 is 0. The zero-order chi connectivity index (χ0) is 49.7. The number of fused-ring (bicyclic) bond motifs is 3. The standard InChI is InChI=1S/2C22H27NO2S.C15H21N.CH4O.Mg.2H/c2*1-17-9-11-20(12-10-17)26(24,25)23-15-14-22(13-5-6-18(22)2)16-19-7-3-4-8-21(19)23;1-12-5-4-8-15(12)9-10-16-14-7-3-2-6-13(14)11-15;1-2;;;/h2*3-4,7-12,18H,5-6,13-16H2,1-2H3;2-3,6-7,12,16H,4-5,8-11H2,1H3;2H,1H3;;;/q;;;;+2;2*-1. The van der Waals surface area contributed by atoms with Crippen LogP contribution in [-0.2, 0) is 39.3 Å². The Labute approximate surface area is 446 Å². The molecule has 2 N–H and O–H groups in total. The number of benzene rings is 5. The Kier molecular flexibility index (Phi) is 17.9. The fourth-order valence-electron chi connectivity index (χ4n) is 13.4. The molecule has 0 saturated heterocycles. The summed E-state index contributed by atoms with van der Waals surface area (Å²) in [6.45, 7) is 13.4. The van der Waals surface area contributed by atoms with E-state index in [9.17, 15) is 16.8 Å². The minimum atomic E-state index is -3.55. The van der Waals surface area contributed by atoms with Crippen molar-refractivity contribution < 1.29 is 24.8 Å². The molecule has 6 unspecified atom stereocenters. The van der Waals surface area contributed by atoms with Gasteiger partial charge in [0.15, 0.2) is 0 Å². The van der Waals surface area contributed by atoms with Crippen molar-refractivity contribution in [2.24, 2.45) is 34.0 Å². The van der Waals surface area contributed by atoms with E-state index < -0.39 is 20.0 Å². The molecule has 3 saturated carbocycles. The number of sulfonamides is 2. The quantitative estimate of drug-likeness (QED) is 0.174. The molecular weight excluding hydrogens is 931 g/mol. The molecule has 0 aromatic heterocycles. The van der Waals surface area contributed by atoms with Crippen LogP contribution in [0.2, 0.25) is 0 Å². The van der Waals surface area contributed by atoms with Crippen molar-refractivity contribution in [3.05, 3.63) is 149 Å². The zero-order valence-corrected chi connectivity index (χ0v) is 46.6. The molecule has 8 nitrogen and oxygen atoms in total. The molecule has 3 fully saturated rings. The Morgan fingerprint density at radius 3 is 1.24 bits per heavy atom. The van der Waals surface area contributed by atoms with E-state index in [0.29, 0.717) is 40.1 Å². The van der Waals surface area contributed by atoms with Crippen LogP contribution in [0.3, 0.4) is 0 Å². The molecule has 0 amide bonds. The number of nitrogens with zero attached hydrogens (tertiary/aromatic N) is 2. The number of anilines is 3. The Balaban J connectivity index is 0.000000201. The predicted molar refractivity (Wildman–Crippen MR) is 297 cm³/mol. The van der Waals surface area contributed by atoms with Crippen LogP contribution in [0, 0.1) is 47.8 Å². The van der Waals surface area contributed by atoms with E-state index in [2.05, 4.69) is 62.5 Å². The number of aliphatic hydroxyl groups excluding tert-OH is 1. The van der Waals surface area contributed by atoms with E-state index in [0.717, 1.165) is 67.8 Å². The molecule has 6 atom stereocenters. The van der Waals surface area contributed by atoms with Gasteiger partial charge in [0, 0.05) is 32.4 Å². The van der Waals surface area contributed by atoms with Crippen LogP contribution in [0.15, 0.2) is 131 Å². The normalized spacial score (nSPS) is 26.5. The Morgan fingerprint density at radius 1 is 0.493 bits per heavy atom. The molecule has 5 aromatic rings. The SMILES string of the molecule is CC1CCCC12CCNc1ccccc1C2.CO.Cc1ccc(S(=O)(=O)N2CCC3(CCCC3C)Cc3ccccc32)cc1.Cc1ccc(S(=O)(=O)N2CCC3(CCCC3C)Cc3ccccc32)cc1.[H-].[H-].[Mg+2]. The Morgan fingerprint density at radius 2 is 0.845 bits per heavy atom. The topological polar surface area (TPSA) is 107 Å². The maximum atomic E-state index is 13.4. The average molecular weight is 1010 g/mol. The maximum absolute atomic E-state index is 13.4. The van der Waals surface area contributed by atoms with Crippen LogP contribution >= 0.6 is 0 Å². The summed E-state index contributed by atoms with van der Waals surface area (Å²) in [6, 6.07) is 39.4. The molecule has 0 bridgehead atoms. The molecule has 3 spiro atoms. The second-order valence-electron chi connectivity index (χ2n) is 21.9. The van der Waals surface area contributed by atoms with Crippen molar-refractivity contribution >= 4 is 60.2 Å².